The molecule has 0 saturated heterocycles. The van der Waals surface area contributed by atoms with Crippen LogP contribution in [0.4, 0.5) is 0 Å². The van der Waals surface area contributed by atoms with Gasteiger partial charge in [0.25, 0.3) is 11.8 Å². The van der Waals surface area contributed by atoms with Gasteiger partial charge in [0.2, 0.25) is 0 Å². The van der Waals surface area contributed by atoms with Crippen molar-refractivity contribution in [3.05, 3.63) is 58.7 Å². The van der Waals surface area contributed by atoms with Crippen molar-refractivity contribution in [1.82, 2.24) is 5.32 Å². The Kier molecular flexibility index (Phi) is 6.19. The zero-order valence-electron chi connectivity index (χ0n) is 16.3. The van der Waals surface area contributed by atoms with Gasteiger partial charge in [-0.15, -0.1) is 0 Å². The summed E-state index contributed by atoms with van der Waals surface area (Å²) in [6, 6.07) is 11.2. The zero-order chi connectivity index (χ0) is 20.1. The standard InChI is InChI=1S/C22H26N2O4/c1-14(16-8-7-15-5-3-4-6-17(15)11-16)24-22(26)18-9-10-19(20(12-18)27-2)28-13-21(23)25/h7-12,14H,3-6,13H2,1-2H3,(H2,23,25)(H,24,26)/t14-/m0/s1. The molecule has 3 N–H and O–H groups in total. The number of carbonyl (C=O) groups excluding carboxylic acids is 2. The second kappa shape index (κ2) is 8.78. The minimum atomic E-state index is -0.581. The molecule has 0 saturated carbocycles. The molecule has 0 unspecified atom stereocenters. The molecule has 6 heteroatoms. The van der Waals surface area contributed by atoms with E-state index < -0.39 is 5.91 Å². The first-order valence-electron chi connectivity index (χ1n) is 9.49. The van der Waals surface area contributed by atoms with Crippen molar-refractivity contribution in [3.8, 4) is 11.5 Å². The van der Waals surface area contributed by atoms with Gasteiger partial charge in [0, 0.05) is 5.56 Å². The monoisotopic (exact) mass is 382 g/mol. The number of hydrogen-bond acceptors (Lipinski definition) is 4. The molecule has 28 heavy (non-hydrogen) atoms. The van der Waals surface area contributed by atoms with Gasteiger partial charge < -0.3 is 20.5 Å². The topological polar surface area (TPSA) is 90.7 Å². The molecule has 2 aromatic carbocycles. The molecule has 1 aliphatic carbocycles. The molecule has 3 rings (SSSR count). The number of nitrogens with two attached hydrogens (primary N) is 1. The molecule has 0 spiro atoms. The van der Waals surface area contributed by atoms with Crippen LogP contribution in [0.5, 0.6) is 11.5 Å². The van der Waals surface area contributed by atoms with E-state index in [1.54, 1.807) is 18.2 Å². The third-order valence-corrected chi connectivity index (χ3v) is 5.02. The number of amides is 2. The van der Waals surface area contributed by atoms with Gasteiger partial charge in [-0.25, -0.2) is 0 Å². The Bertz CT molecular complexity index is 879. The van der Waals surface area contributed by atoms with Crippen molar-refractivity contribution in [1.29, 1.82) is 0 Å². The molecule has 148 valence electrons. The maximum absolute atomic E-state index is 12.7. The van der Waals surface area contributed by atoms with E-state index in [0.717, 1.165) is 18.4 Å². The fourth-order valence-electron chi connectivity index (χ4n) is 3.46. The van der Waals surface area contributed by atoms with Gasteiger partial charge >= 0.3 is 0 Å². The van der Waals surface area contributed by atoms with Crippen LogP contribution in [0.1, 0.15) is 52.9 Å². The maximum Gasteiger partial charge on any atom is 0.255 e. The largest absolute Gasteiger partial charge is 0.493 e. The first-order chi connectivity index (χ1) is 13.5. The van der Waals surface area contributed by atoms with E-state index in [2.05, 4.69) is 23.5 Å². The van der Waals surface area contributed by atoms with Gasteiger partial charge in [-0.05, 0) is 67.5 Å². The number of aryl methyl sites for hydroxylation is 2. The normalized spacial score (nSPS) is 13.9. The van der Waals surface area contributed by atoms with E-state index in [0.29, 0.717) is 17.1 Å². The van der Waals surface area contributed by atoms with E-state index in [-0.39, 0.29) is 18.6 Å². The summed E-state index contributed by atoms with van der Waals surface area (Å²) in [5.41, 5.74) is 9.46. The number of primary amides is 1. The van der Waals surface area contributed by atoms with Gasteiger partial charge in [-0.3, -0.25) is 9.59 Å². The number of rotatable bonds is 7. The quantitative estimate of drug-likeness (QED) is 0.770. The second-order valence-electron chi connectivity index (χ2n) is 7.05. The molecule has 6 nitrogen and oxygen atoms in total. The molecule has 2 amide bonds. The summed E-state index contributed by atoms with van der Waals surface area (Å²) in [5, 5.41) is 3.03. The van der Waals surface area contributed by atoms with Crippen LogP contribution in [-0.4, -0.2) is 25.5 Å². The number of methoxy groups -OCH3 is 1. The predicted molar refractivity (Wildman–Crippen MR) is 107 cm³/mol. The maximum atomic E-state index is 12.7. The van der Waals surface area contributed by atoms with Crippen molar-refractivity contribution in [2.24, 2.45) is 5.73 Å². The van der Waals surface area contributed by atoms with Crippen LogP contribution in [-0.2, 0) is 17.6 Å². The molecule has 2 aromatic rings. The smallest absolute Gasteiger partial charge is 0.255 e. The highest BCUT2D eigenvalue weighted by Crippen LogP contribution is 2.29. The van der Waals surface area contributed by atoms with Crippen LogP contribution in [0, 0.1) is 0 Å². The van der Waals surface area contributed by atoms with Crippen LogP contribution in [0.2, 0.25) is 0 Å². The van der Waals surface area contributed by atoms with E-state index in [9.17, 15) is 9.59 Å². The molecule has 0 aromatic heterocycles. The summed E-state index contributed by atoms with van der Waals surface area (Å²) in [6.45, 7) is 1.72. The van der Waals surface area contributed by atoms with Crippen molar-refractivity contribution in [3.63, 3.8) is 0 Å². The highest BCUT2D eigenvalue weighted by Gasteiger charge is 2.16. The summed E-state index contributed by atoms with van der Waals surface area (Å²) in [6.07, 6.45) is 4.72. The molecule has 0 heterocycles. The Labute approximate surface area is 165 Å². The summed E-state index contributed by atoms with van der Waals surface area (Å²) < 4.78 is 10.6. The highest BCUT2D eigenvalue weighted by atomic mass is 16.5. The lowest BCUT2D eigenvalue weighted by molar-refractivity contribution is -0.119. The van der Waals surface area contributed by atoms with Gasteiger partial charge in [0.1, 0.15) is 0 Å². The third-order valence-electron chi connectivity index (χ3n) is 5.02. The van der Waals surface area contributed by atoms with Gasteiger partial charge in [-0.2, -0.15) is 0 Å². The molecule has 0 fully saturated rings. The fourth-order valence-corrected chi connectivity index (χ4v) is 3.46. The lowest BCUT2D eigenvalue weighted by atomic mass is 9.89. The number of fused-ring (bicyclic) bond motifs is 1. The van der Waals surface area contributed by atoms with Gasteiger partial charge in [-0.1, -0.05) is 18.2 Å². The minimum Gasteiger partial charge on any atom is -0.493 e. The molecule has 1 aliphatic rings. The average Bonchev–Trinajstić information content (AvgIpc) is 2.71. The lowest BCUT2D eigenvalue weighted by Crippen LogP contribution is -2.27. The lowest BCUT2D eigenvalue weighted by Gasteiger charge is -2.20. The van der Waals surface area contributed by atoms with Crippen LogP contribution in [0.25, 0.3) is 0 Å². The minimum absolute atomic E-state index is 0.114. The molecule has 1 atom stereocenters. The first kappa shape index (κ1) is 19.7. The highest BCUT2D eigenvalue weighted by molar-refractivity contribution is 5.95. The number of benzene rings is 2. The van der Waals surface area contributed by atoms with Crippen LogP contribution < -0.4 is 20.5 Å². The number of nitrogens with one attached hydrogen (secondary N) is 1. The Morgan fingerprint density at radius 2 is 1.82 bits per heavy atom. The number of ether oxygens (including phenoxy) is 2. The van der Waals surface area contributed by atoms with Crippen molar-refractivity contribution in [2.75, 3.05) is 13.7 Å². The molecular weight excluding hydrogens is 356 g/mol. The summed E-state index contributed by atoms with van der Waals surface area (Å²) in [4.78, 5) is 23.6. The molecule has 0 radical (unpaired) electrons. The fraction of sp³-hybridized carbons (Fsp3) is 0.364. The van der Waals surface area contributed by atoms with Crippen molar-refractivity contribution in [2.45, 2.75) is 38.6 Å². The van der Waals surface area contributed by atoms with E-state index in [1.165, 1.54) is 31.1 Å². The summed E-state index contributed by atoms with van der Waals surface area (Å²) in [5.74, 6) is -0.0522. The van der Waals surface area contributed by atoms with E-state index in [1.807, 2.05) is 6.92 Å². The SMILES string of the molecule is COc1cc(C(=O)N[C@@H](C)c2ccc3c(c2)CCCC3)ccc1OCC(N)=O. The zero-order valence-corrected chi connectivity index (χ0v) is 16.3. The first-order valence-corrected chi connectivity index (χ1v) is 9.49. The average molecular weight is 382 g/mol. The Morgan fingerprint density at radius 1 is 1.07 bits per heavy atom. The van der Waals surface area contributed by atoms with Crippen molar-refractivity contribution >= 4 is 11.8 Å². The Balaban J connectivity index is 1.70. The van der Waals surface area contributed by atoms with Crippen LogP contribution in [0.3, 0.4) is 0 Å². The van der Waals surface area contributed by atoms with Crippen LogP contribution >= 0.6 is 0 Å². The van der Waals surface area contributed by atoms with Crippen LogP contribution in [0.15, 0.2) is 36.4 Å². The Morgan fingerprint density at radius 3 is 2.54 bits per heavy atom. The number of hydrogen-bond donors (Lipinski definition) is 2. The predicted octanol–water partition coefficient (Wildman–Crippen LogP) is 2.93. The van der Waals surface area contributed by atoms with E-state index >= 15 is 0 Å². The summed E-state index contributed by atoms with van der Waals surface area (Å²) >= 11 is 0. The third kappa shape index (κ3) is 4.63. The van der Waals surface area contributed by atoms with Gasteiger partial charge in [0.15, 0.2) is 18.1 Å². The Hall–Kier alpha value is -3.02. The summed E-state index contributed by atoms with van der Waals surface area (Å²) in [7, 11) is 1.48. The number of carbonyl (C=O) groups is 2. The molecule has 0 bridgehead atoms. The van der Waals surface area contributed by atoms with E-state index in [4.69, 9.17) is 15.2 Å². The van der Waals surface area contributed by atoms with Gasteiger partial charge in [0.05, 0.1) is 13.2 Å². The second-order valence-corrected chi connectivity index (χ2v) is 7.05. The van der Waals surface area contributed by atoms with Crippen molar-refractivity contribution < 1.29 is 19.1 Å². The molecular formula is C22H26N2O4. The molecule has 0 aliphatic heterocycles.